The number of ketones is 1. The average Bonchev–Trinajstić information content (AvgIpc) is 2.58. The Kier molecular flexibility index (Phi) is 4.55. The fourth-order valence-corrected chi connectivity index (χ4v) is 5.67. The Balaban J connectivity index is 0.00000182. The van der Waals surface area contributed by atoms with Gasteiger partial charge in [0.2, 0.25) is 0 Å². The second kappa shape index (κ2) is 6.15. The van der Waals surface area contributed by atoms with Gasteiger partial charge in [0, 0.05) is 37.0 Å². The maximum atomic E-state index is 12.4. The highest BCUT2D eigenvalue weighted by molar-refractivity contribution is 5.85. The Bertz CT molecular complexity index is 709. The molecule has 138 valence electrons. The molecule has 2 aliphatic carbocycles. The Hall–Kier alpha value is -1.30. The number of hydrogen-bond acceptors (Lipinski definition) is 5. The first kappa shape index (κ1) is 18.5. The first-order chi connectivity index (χ1) is 11.5. The highest BCUT2D eigenvalue weighted by atomic mass is 35.5. The topological polar surface area (TPSA) is 59.0 Å². The standard InChI is InChI=1S/C19H25NO4.ClH/c1-20-9-8-18-11-13(21)6-7-19(18,24-3)15(20)10-12-4-5-14(23-2)17(22)16(12)18;/h4-5,15,22H,6-11H2,1-3H3;1H/t15-,18-,19-;/m1./s1. The van der Waals surface area contributed by atoms with Crippen LogP contribution in [0.4, 0.5) is 0 Å². The molecule has 1 aliphatic heterocycles. The van der Waals surface area contributed by atoms with Crippen LogP contribution in [-0.4, -0.2) is 55.2 Å². The van der Waals surface area contributed by atoms with Crippen molar-refractivity contribution in [1.82, 2.24) is 4.90 Å². The van der Waals surface area contributed by atoms with Crippen LogP contribution in [0.15, 0.2) is 12.1 Å². The van der Waals surface area contributed by atoms with Crippen LogP contribution in [0.3, 0.4) is 0 Å². The predicted molar refractivity (Wildman–Crippen MR) is 96.9 cm³/mol. The molecule has 1 aromatic rings. The Morgan fingerprint density at radius 3 is 2.72 bits per heavy atom. The van der Waals surface area contributed by atoms with Gasteiger partial charge in [0.25, 0.3) is 0 Å². The van der Waals surface area contributed by atoms with Gasteiger partial charge in [-0.15, -0.1) is 12.4 Å². The van der Waals surface area contributed by atoms with Crippen LogP contribution in [0.2, 0.25) is 0 Å². The number of rotatable bonds is 2. The average molecular weight is 368 g/mol. The summed E-state index contributed by atoms with van der Waals surface area (Å²) in [5.41, 5.74) is 1.12. The molecule has 2 bridgehead atoms. The molecule has 1 aromatic carbocycles. The number of hydrogen-bond donors (Lipinski definition) is 1. The molecule has 0 spiro atoms. The summed E-state index contributed by atoms with van der Waals surface area (Å²) in [5.74, 6) is 0.929. The zero-order chi connectivity index (χ0) is 17.1. The Labute approximate surface area is 154 Å². The van der Waals surface area contributed by atoms with E-state index in [1.807, 2.05) is 12.1 Å². The van der Waals surface area contributed by atoms with Gasteiger partial charge in [-0.25, -0.2) is 0 Å². The predicted octanol–water partition coefficient (Wildman–Crippen LogP) is 2.46. The van der Waals surface area contributed by atoms with Crippen molar-refractivity contribution in [2.24, 2.45) is 0 Å². The van der Waals surface area contributed by atoms with Crippen LogP contribution in [0.1, 0.15) is 36.8 Å². The molecule has 0 radical (unpaired) electrons. The van der Waals surface area contributed by atoms with E-state index in [4.69, 9.17) is 9.47 Å². The van der Waals surface area contributed by atoms with Crippen molar-refractivity contribution >= 4 is 18.2 Å². The van der Waals surface area contributed by atoms with E-state index in [1.165, 1.54) is 0 Å². The monoisotopic (exact) mass is 367 g/mol. The number of ether oxygens (including phenoxy) is 2. The van der Waals surface area contributed by atoms with Gasteiger partial charge in [0.1, 0.15) is 5.78 Å². The van der Waals surface area contributed by atoms with E-state index >= 15 is 0 Å². The van der Waals surface area contributed by atoms with Gasteiger partial charge in [-0.1, -0.05) is 6.07 Å². The molecule has 25 heavy (non-hydrogen) atoms. The number of benzene rings is 1. The third kappa shape index (κ3) is 2.19. The van der Waals surface area contributed by atoms with Crippen molar-refractivity contribution in [2.45, 2.75) is 49.2 Å². The number of carbonyl (C=O) groups is 1. The van der Waals surface area contributed by atoms with Crippen LogP contribution in [-0.2, 0) is 21.4 Å². The van der Waals surface area contributed by atoms with E-state index in [-0.39, 0.29) is 30.0 Å². The fraction of sp³-hybridized carbons (Fsp3) is 0.632. The molecular weight excluding hydrogens is 342 g/mol. The van der Waals surface area contributed by atoms with Gasteiger partial charge in [-0.05, 0) is 44.5 Å². The van der Waals surface area contributed by atoms with Crippen LogP contribution in [0.5, 0.6) is 11.5 Å². The van der Waals surface area contributed by atoms with Gasteiger partial charge in [-0.2, -0.15) is 0 Å². The molecule has 0 amide bonds. The highest BCUT2D eigenvalue weighted by Gasteiger charge is 2.66. The molecule has 3 atom stereocenters. The number of nitrogens with zero attached hydrogens (tertiary/aromatic N) is 1. The van der Waals surface area contributed by atoms with Crippen LogP contribution < -0.4 is 4.74 Å². The maximum Gasteiger partial charge on any atom is 0.161 e. The molecule has 0 aromatic heterocycles. The summed E-state index contributed by atoms with van der Waals surface area (Å²) in [6.07, 6.45) is 3.35. The summed E-state index contributed by atoms with van der Waals surface area (Å²) in [6.45, 7) is 0.902. The maximum absolute atomic E-state index is 12.4. The minimum Gasteiger partial charge on any atom is -0.504 e. The summed E-state index contributed by atoms with van der Waals surface area (Å²) >= 11 is 0. The SMILES string of the molecule is COc1ccc2c(c1O)[C@]13CCN(C)[C@H](C2)[C@]1(OC)CCC(=O)C3.Cl. The van der Waals surface area contributed by atoms with Crippen molar-refractivity contribution in [2.75, 3.05) is 27.8 Å². The number of likely N-dealkylation sites (N-methyl/N-ethyl adjacent to an activating group) is 1. The molecule has 3 aliphatic rings. The first-order valence-electron chi connectivity index (χ1n) is 8.65. The Morgan fingerprint density at radius 1 is 1.28 bits per heavy atom. The van der Waals surface area contributed by atoms with E-state index in [1.54, 1.807) is 14.2 Å². The van der Waals surface area contributed by atoms with Crippen LogP contribution in [0.25, 0.3) is 0 Å². The second-order valence-corrected chi connectivity index (χ2v) is 7.49. The minimum atomic E-state index is -0.458. The van der Waals surface area contributed by atoms with Gasteiger partial charge in [0.05, 0.1) is 12.7 Å². The van der Waals surface area contributed by atoms with E-state index in [0.717, 1.165) is 30.5 Å². The first-order valence-corrected chi connectivity index (χ1v) is 8.65. The largest absolute Gasteiger partial charge is 0.504 e. The summed E-state index contributed by atoms with van der Waals surface area (Å²) < 4.78 is 11.6. The quantitative estimate of drug-likeness (QED) is 0.870. The molecule has 5 nitrogen and oxygen atoms in total. The van der Waals surface area contributed by atoms with Crippen LogP contribution >= 0.6 is 12.4 Å². The molecule has 0 unspecified atom stereocenters. The molecule has 2 fully saturated rings. The lowest BCUT2D eigenvalue weighted by molar-refractivity contribution is -0.183. The number of Topliss-reactive ketones (excluding diaryl/α,β-unsaturated/α-hetero) is 1. The second-order valence-electron chi connectivity index (χ2n) is 7.49. The number of aromatic hydroxyl groups is 1. The number of carbonyl (C=O) groups excluding carboxylic acids is 1. The summed E-state index contributed by atoms with van der Waals surface area (Å²) in [5, 5.41) is 10.9. The van der Waals surface area contributed by atoms with Gasteiger partial charge < -0.3 is 19.5 Å². The van der Waals surface area contributed by atoms with E-state index < -0.39 is 11.0 Å². The molecule has 1 heterocycles. The molecule has 1 saturated heterocycles. The Morgan fingerprint density at radius 2 is 2.04 bits per heavy atom. The zero-order valence-electron chi connectivity index (χ0n) is 15.0. The highest BCUT2D eigenvalue weighted by Crippen LogP contribution is 2.61. The smallest absolute Gasteiger partial charge is 0.161 e. The number of phenolic OH excluding ortho intramolecular Hbond substituents is 1. The summed E-state index contributed by atoms with van der Waals surface area (Å²) in [6, 6.07) is 4.09. The molecule has 4 rings (SSSR count). The van der Waals surface area contributed by atoms with Crippen molar-refractivity contribution in [1.29, 1.82) is 0 Å². The lowest BCUT2D eigenvalue weighted by Crippen LogP contribution is -2.73. The number of phenols is 1. The number of halogens is 1. The summed E-state index contributed by atoms with van der Waals surface area (Å²) in [4.78, 5) is 14.8. The molecular formula is C19H26ClNO4. The van der Waals surface area contributed by atoms with Crippen molar-refractivity contribution in [3.05, 3.63) is 23.3 Å². The number of methoxy groups -OCH3 is 2. The normalized spacial score (nSPS) is 33.9. The number of fused-ring (bicyclic) bond motifs is 1. The third-order valence-electron chi connectivity index (χ3n) is 6.75. The lowest BCUT2D eigenvalue weighted by atomic mass is 9.49. The third-order valence-corrected chi connectivity index (χ3v) is 6.75. The van der Waals surface area contributed by atoms with Gasteiger partial charge in [-0.3, -0.25) is 4.79 Å². The molecule has 6 heteroatoms. The van der Waals surface area contributed by atoms with Crippen LogP contribution in [0, 0.1) is 0 Å². The molecule has 1 N–H and O–H groups in total. The van der Waals surface area contributed by atoms with E-state index in [2.05, 4.69) is 11.9 Å². The van der Waals surface area contributed by atoms with Gasteiger partial charge in [0.15, 0.2) is 11.5 Å². The van der Waals surface area contributed by atoms with Crippen molar-refractivity contribution in [3.8, 4) is 11.5 Å². The number of piperidine rings is 1. The van der Waals surface area contributed by atoms with E-state index in [9.17, 15) is 9.90 Å². The summed E-state index contributed by atoms with van der Waals surface area (Å²) in [7, 11) is 5.47. The van der Waals surface area contributed by atoms with Gasteiger partial charge >= 0.3 is 0 Å². The lowest BCUT2D eigenvalue weighted by Gasteiger charge is -2.64. The molecule has 1 saturated carbocycles. The minimum absolute atomic E-state index is 0. The van der Waals surface area contributed by atoms with Crippen molar-refractivity contribution in [3.63, 3.8) is 0 Å². The zero-order valence-corrected chi connectivity index (χ0v) is 15.8. The number of likely N-dealkylation sites (tertiary alicyclic amines) is 1. The van der Waals surface area contributed by atoms with Crippen molar-refractivity contribution < 1.29 is 19.4 Å². The fourth-order valence-electron chi connectivity index (χ4n) is 5.67. The van der Waals surface area contributed by atoms with E-state index in [0.29, 0.717) is 25.0 Å².